The molecular formula is C18H14Cl2N2O3. The Labute approximate surface area is 154 Å². The highest BCUT2D eigenvalue weighted by molar-refractivity contribution is 6.32. The Morgan fingerprint density at radius 2 is 1.80 bits per heavy atom. The van der Waals surface area contributed by atoms with Crippen LogP contribution in [0.1, 0.15) is 32.7 Å². The predicted octanol–water partition coefficient (Wildman–Crippen LogP) is 3.93. The summed E-state index contributed by atoms with van der Waals surface area (Å²) in [5, 5.41) is 3.68. The van der Waals surface area contributed by atoms with Crippen molar-refractivity contribution in [1.82, 2.24) is 4.90 Å². The molecule has 0 radical (unpaired) electrons. The van der Waals surface area contributed by atoms with Gasteiger partial charge in [-0.3, -0.25) is 19.3 Å². The van der Waals surface area contributed by atoms with Crippen molar-refractivity contribution in [2.45, 2.75) is 13.3 Å². The van der Waals surface area contributed by atoms with Gasteiger partial charge in [0.2, 0.25) is 5.91 Å². The van der Waals surface area contributed by atoms with Gasteiger partial charge in [0.05, 0.1) is 11.1 Å². The monoisotopic (exact) mass is 376 g/mol. The highest BCUT2D eigenvalue weighted by atomic mass is 35.5. The molecule has 128 valence electrons. The van der Waals surface area contributed by atoms with E-state index in [2.05, 4.69) is 5.32 Å². The summed E-state index contributed by atoms with van der Waals surface area (Å²) in [6.45, 7) is 1.79. The lowest BCUT2D eigenvalue weighted by atomic mass is 10.1. The van der Waals surface area contributed by atoms with Gasteiger partial charge >= 0.3 is 0 Å². The standard InChI is InChI=1S/C18H14Cl2N2O3/c1-10-14(20)3-2-4-15(10)21-16(23)7-8-22-17(24)12-6-5-11(19)9-13(12)18(22)25/h2-6,9H,7-8H2,1H3,(H,21,23). The van der Waals surface area contributed by atoms with Gasteiger partial charge in [0.15, 0.2) is 0 Å². The Balaban J connectivity index is 1.66. The van der Waals surface area contributed by atoms with Gasteiger partial charge in [0.25, 0.3) is 11.8 Å². The van der Waals surface area contributed by atoms with Gasteiger partial charge < -0.3 is 5.32 Å². The Kier molecular flexibility index (Phi) is 4.79. The van der Waals surface area contributed by atoms with Crippen molar-refractivity contribution < 1.29 is 14.4 Å². The van der Waals surface area contributed by atoms with E-state index in [1.165, 1.54) is 12.1 Å². The molecule has 0 fully saturated rings. The number of anilines is 1. The second kappa shape index (κ2) is 6.86. The smallest absolute Gasteiger partial charge is 0.261 e. The van der Waals surface area contributed by atoms with Crippen molar-refractivity contribution in [2.75, 3.05) is 11.9 Å². The normalized spacial score (nSPS) is 13.2. The molecule has 0 saturated carbocycles. The van der Waals surface area contributed by atoms with Gasteiger partial charge in [0, 0.05) is 28.7 Å². The van der Waals surface area contributed by atoms with E-state index in [4.69, 9.17) is 23.2 Å². The molecule has 2 aromatic carbocycles. The summed E-state index contributed by atoms with van der Waals surface area (Å²) < 4.78 is 0. The third-order valence-corrected chi connectivity index (χ3v) is 4.68. The zero-order valence-corrected chi connectivity index (χ0v) is 14.8. The second-order valence-electron chi connectivity index (χ2n) is 5.66. The number of hydrogen-bond acceptors (Lipinski definition) is 3. The Hall–Kier alpha value is -2.37. The number of nitrogens with zero attached hydrogens (tertiary/aromatic N) is 1. The van der Waals surface area contributed by atoms with Gasteiger partial charge in [-0.1, -0.05) is 29.3 Å². The number of hydrogen-bond donors (Lipinski definition) is 1. The fraction of sp³-hybridized carbons (Fsp3) is 0.167. The lowest BCUT2D eigenvalue weighted by molar-refractivity contribution is -0.116. The molecule has 1 N–H and O–H groups in total. The van der Waals surface area contributed by atoms with E-state index in [9.17, 15) is 14.4 Å². The Morgan fingerprint density at radius 3 is 2.56 bits per heavy atom. The largest absolute Gasteiger partial charge is 0.326 e. The molecule has 3 amide bonds. The molecule has 1 aliphatic heterocycles. The molecule has 1 aliphatic rings. The fourth-order valence-corrected chi connectivity index (χ4v) is 2.98. The first-order valence-electron chi connectivity index (χ1n) is 7.59. The van der Waals surface area contributed by atoms with Crippen LogP contribution in [0, 0.1) is 6.92 Å². The first-order valence-corrected chi connectivity index (χ1v) is 8.35. The number of nitrogens with one attached hydrogen (secondary N) is 1. The molecule has 0 aliphatic carbocycles. The fourth-order valence-electron chi connectivity index (χ4n) is 2.63. The zero-order valence-electron chi connectivity index (χ0n) is 13.3. The number of imide groups is 1. The van der Waals surface area contributed by atoms with E-state index in [-0.39, 0.29) is 24.4 Å². The van der Waals surface area contributed by atoms with Gasteiger partial charge in [0.1, 0.15) is 0 Å². The molecule has 5 nitrogen and oxygen atoms in total. The summed E-state index contributed by atoms with van der Waals surface area (Å²) in [5.74, 6) is -1.16. The highest BCUT2D eigenvalue weighted by Crippen LogP contribution is 2.26. The third kappa shape index (κ3) is 3.38. The van der Waals surface area contributed by atoms with Gasteiger partial charge in [-0.05, 0) is 42.8 Å². The molecule has 0 atom stereocenters. The summed E-state index contributed by atoms with van der Waals surface area (Å²) in [7, 11) is 0. The van der Waals surface area contributed by atoms with Crippen molar-refractivity contribution in [3.8, 4) is 0 Å². The number of rotatable bonds is 4. The van der Waals surface area contributed by atoms with Crippen LogP contribution in [0.15, 0.2) is 36.4 Å². The molecule has 0 aromatic heterocycles. The number of carbonyl (C=O) groups excluding carboxylic acids is 3. The molecule has 3 rings (SSSR count). The number of amides is 3. The average molecular weight is 377 g/mol. The SMILES string of the molecule is Cc1c(Cl)cccc1NC(=O)CCN1C(=O)c2ccc(Cl)cc2C1=O. The van der Waals surface area contributed by atoms with Gasteiger partial charge in [-0.15, -0.1) is 0 Å². The number of halogens is 2. The van der Waals surface area contributed by atoms with E-state index >= 15 is 0 Å². The molecule has 0 bridgehead atoms. The van der Waals surface area contributed by atoms with Crippen molar-refractivity contribution in [1.29, 1.82) is 0 Å². The molecule has 2 aromatic rings. The molecule has 0 saturated heterocycles. The molecule has 25 heavy (non-hydrogen) atoms. The number of fused-ring (bicyclic) bond motifs is 1. The summed E-state index contributed by atoms with van der Waals surface area (Å²) in [6, 6.07) is 9.75. The number of carbonyl (C=O) groups is 3. The van der Waals surface area contributed by atoms with Gasteiger partial charge in [-0.2, -0.15) is 0 Å². The summed E-state index contributed by atoms with van der Waals surface area (Å²) >= 11 is 11.9. The van der Waals surface area contributed by atoms with E-state index in [1.54, 1.807) is 31.2 Å². The topological polar surface area (TPSA) is 66.5 Å². The second-order valence-corrected chi connectivity index (χ2v) is 6.51. The van der Waals surface area contributed by atoms with Crippen LogP contribution in [-0.4, -0.2) is 29.2 Å². The van der Waals surface area contributed by atoms with Crippen LogP contribution in [0.2, 0.25) is 10.0 Å². The summed E-state index contributed by atoms with van der Waals surface area (Å²) in [6.07, 6.45) is -0.00878. The number of benzene rings is 2. The minimum Gasteiger partial charge on any atom is -0.326 e. The van der Waals surface area contributed by atoms with E-state index in [0.29, 0.717) is 21.3 Å². The Bertz CT molecular complexity index is 896. The minimum absolute atomic E-state index is 0.00455. The maximum absolute atomic E-state index is 12.3. The van der Waals surface area contributed by atoms with E-state index in [0.717, 1.165) is 10.5 Å². The lowest BCUT2D eigenvalue weighted by Gasteiger charge is -2.14. The van der Waals surface area contributed by atoms with E-state index < -0.39 is 11.8 Å². The zero-order chi connectivity index (χ0) is 18.1. The van der Waals surface area contributed by atoms with Crippen LogP contribution in [0.5, 0.6) is 0 Å². The van der Waals surface area contributed by atoms with Crippen LogP contribution in [0.3, 0.4) is 0 Å². The first-order chi connectivity index (χ1) is 11.9. The third-order valence-electron chi connectivity index (χ3n) is 4.04. The highest BCUT2D eigenvalue weighted by Gasteiger charge is 2.35. The Morgan fingerprint density at radius 1 is 1.08 bits per heavy atom. The van der Waals surface area contributed by atoms with Crippen LogP contribution in [0.4, 0.5) is 5.69 Å². The van der Waals surface area contributed by atoms with Crippen LogP contribution < -0.4 is 5.32 Å². The predicted molar refractivity (Wildman–Crippen MR) is 96.3 cm³/mol. The maximum atomic E-state index is 12.3. The first kappa shape index (κ1) is 17.5. The molecular weight excluding hydrogens is 363 g/mol. The van der Waals surface area contributed by atoms with E-state index in [1.807, 2.05) is 0 Å². The maximum Gasteiger partial charge on any atom is 0.261 e. The van der Waals surface area contributed by atoms with Crippen molar-refractivity contribution >= 4 is 46.6 Å². The molecule has 0 spiro atoms. The van der Waals surface area contributed by atoms with Crippen molar-refractivity contribution in [3.63, 3.8) is 0 Å². The quantitative estimate of drug-likeness (QED) is 0.822. The molecule has 0 unspecified atom stereocenters. The van der Waals surface area contributed by atoms with Crippen LogP contribution >= 0.6 is 23.2 Å². The molecule has 7 heteroatoms. The molecule has 1 heterocycles. The van der Waals surface area contributed by atoms with Crippen molar-refractivity contribution in [3.05, 3.63) is 63.1 Å². The van der Waals surface area contributed by atoms with Crippen molar-refractivity contribution in [2.24, 2.45) is 0 Å². The summed E-state index contributed by atoms with van der Waals surface area (Å²) in [5.41, 5.74) is 1.93. The average Bonchev–Trinajstić information content (AvgIpc) is 2.80. The van der Waals surface area contributed by atoms with Gasteiger partial charge in [-0.25, -0.2) is 0 Å². The van der Waals surface area contributed by atoms with Crippen LogP contribution in [-0.2, 0) is 4.79 Å². The minimum atomic E-state index is -0.436. The summed E-state index contributed by atoms with van der Waals surface area (Å²) in [4.78, 5) is 37.8. The lowest BCUT2D eigenvalue weighted by Crippen LogP contribution is -2.32. The van der Waals surface area contributed by atoms with Crippen LogP contribution in [0.25, 0.3) is 0 Å².